The Balaban J connectivity index is 1.98. The molecule has 1 saturated carbocycles. The third kappa shape index (κ3) is 4.28. The van der Waals surface area contributed by atoms with Crippen molar-refractivity contribution in [2.75, 3.05) is 0 Å². The number of primary sulfonamides is 1. The molecule has 1 aliphatic carbocycles. The maximum absolute atomic E-state index is 12.1. The Morgan fingerprint density at radius 2 is 1.71 bits per heavy atom. The molecule has 0 atom stereocenters. The molecule has 1 aromatic rings. The van der Waals surface area contributed by atoms with E-state index in [4.69, 9.17) is 5.14 Å². The van der Waals surface area contributed by atoms with Gasteiger partial charge in [0.2, 0.25) is 10.0 Å². The summed E-state index contributed by atoms with van der Waals surface area (Å²) in [5, 5.41) is 8.04. The normalized spacial score (nSPS) is 19.2. The van der Waals surface area contributed by atoms with E-state index in [9.17, 15) is 13.2 Å². The van der Waals surface area contributed by atoms with Crippen molar-refractivity contribution in [3.63, 3.8) is 0 Å². The summed E-state index contributed by atoms with van der Waals surface area (Å²) in [5.74, 6) is -0.166. The van der Waals surface area contributed by atoms with Crippen LogP contribution >= 0.6 is 0 Å². The molecular weight excluding hydrogens is 288 g/mol. The van der Waals surface area contributed by atoms with E-state index in [1.165, 1.54) is 24.3 Å². The predicted molar refractivity (Wildman–Crippen MR) is 81.3 cm³/mol. The lowest BCUT2D eigenvalue weighted by atomic mass is 9.75. The third-order valence-corrected chi connectivity index (χ3v) is 5.05. The fourth-order valence-electron chi connectivity index (χ4n) is 2.61. The number of amides is 1. The minimum atomic E-state index is -3.72. The molecule has 0 saturated heterocycles. The van der Waals surface area contributed by atoms with Gasteiger partial charge in [0.1, 0.15) is 0 Å². The van der Waals surface area contributed by atoms with E-state index >= 15 is 0 Å². The highest BCUT2D eigenvalue weighted by Crippen LogP contribution is 2.35. The number of nitrogens with one attached hydrogen (secondary N) is 1. The molecule has 1 fully saturated rings. The lowest BCUT2D eigenvalue weighted by Crippen LogP contribution is -2.39. The monoisotopic (exact) mass is 310 g/mol. The second kappa shape index (κ2) is 5.77. The molecule has 0 spiro atoms. The summed E-state index contributed by atoms with van der Waals surface area (Å²) < 4.78 is 22.3. The molecule has 1 aliphatic rings. The number of hydrogen-bond acceptors (Lipinski definition) is 3. The van der Waals surface area contributed by atoms with Gasteiger partial charge in [-0.1, -0.05) is 13.8 Å². The van der Waals surface area contributed by atoms with Crippen molar-refractivity contribution in [2.24, 2.45) is 10.6 Å². The first-order chi connectivity index (χ1) is 9.67. The van der Waals surface area contributed by atoms with Gasteiger partial charge in [0.25, 0.3) is 5.91 Å². The molecule has 0 unspecified atom stereocenters. The highest BCUT2D eigenvalue weighted by Gasteiger charge is 2.27. The number of sulfonamides is 1. The molecule has 0 bridgehead atoms. The number of benzene rings is 1. The maximum Gasteiger partial charge on any atom is 0.251 e. The van der Waals surface area contributed by atoms with E-state index in [0.29, 0.717) is 11.0 Å². The Morgan fingerprint density at radius 3 is 2.19 bits per heavy atom. The van der Waals surface area contributed by atoms with Gasteiger partial charge in [0.05, 0.1) is 4.90 Å². The summed E-state index contributed by atoms with van der Waals surface area (Å²) in [5.41, 5.74) is 0.811. The molecule has 1 amide bonds. The summed E-state index contributed by atoms with van der Waals surface area (Å²) in [6.45, 7) is 4.49. The highest BCUT2D eigenvalue weighted by molar-refractivity contribution is 7.89. The summed E-state index contributed by atoms with van der Waals surface area (Å²) in [6, 6.07) is 5.88. The maximum atomic E-state index is 12.1. The van der Waals surface area contributed by atoms with E-state index in [-0.39, 0.29) is 16.8 Å². The molecule has 5 nitrogen and oxygen atoms in total. The van der Waals surface area contributed by atoms with E-state index in [1.807, 2.05) is 0 Å². The van der Waals surface area contributed by atoms with Crippen LogP contribution in [0.1, 0.15) is 49.9 Å². The van der Waals surface area contributed by atoms with Crippen LogP contribution in [0.4, 0.5) is 0 Å². The van der Waals surface area contributed by atoms with Crippen molar-refractivity contribution in [2.45, 2.75) is 50.5 Å². The summed E-state index contributed by atoms with van der Waals surface area (Å²) in [4.78, 5) is 12.2. The molecular formula is C15H22N2O3S. The predicted octanol–water partition coefficient (Wildman–Crippen LogP) is 2.03. The number of carbonyl (C=O) groups excluding carboxylic acids is 1. The fraction of sp³-hybridized carbons (Fsp3) is 0.533. The van der Waals surface area contributed by atoms with Gasteiger partial charge in [-0.25, -0.2) is 13.6 Å². The second-order valence-electron chi connectivity index (χ2n) is 6.48. The first-order valence-electron chi connectivity index (χ1n) is 7.11. The Hall–Kier alpha value is -1.40. The molecule has 0 heterocycles. The molecule has 0 radical (unpaired) electrons. The van der Waals surface area contributed by atoms with Crippen LogP contribution in [0.25, 0.3) is 0 Å². The van der Waals surface area contributed by atoms with Crippen molar-refractivity contribution >= 4 is 15.9 Å². The standard InChI is InChI=1S/C15H22N2O3S/c1-15(2)9-7-12(8-10-15)17-14(18)11-3-5-13(6-4-11)21(16,19)20/h3-6,12H,7-10H2,1-2H3,(H,17,18)(H2,16,19,20). The molecule has 2 rings (SSSR count). The average molecular weight is 310 g/mol. The largest absolute Gasteiger partial charge is 0.349 e. The SMILES string of the molecule is CC1(C)CCC(NC(=O)c2ccc(S(N)(=O)=O)cc2)CC1. The second-order valence-corrected chi connectivity index (χ2v) is 8.04. The fourth-order valence-corrected chi connectivity index (χ4v) is 3.12. The van der Waals surface area contributed by atoms with Gasteiger partial charge in [-0.2, -0.15) is 0 Å². The summed E-state index contributed by atoms with van der Waals surface area (Å²) in [7, 11) is -3.72. The smallest absolute Gasteiger partial charge is 0.251 e. The molecule has 116 valence electrons. The third-order valence-electron chi connectivity index (χ3n) is 4.12. The molecule has 21 heavy (non-hydrogen) atoms. The quantitative estimate of drug-likeness (QED) is 0.895. The lowest BCUT2D eigenvalue weighted by molar-refractivity contribution is 0.0909. The summed E-state index contributed by atoms with van der Waals surface area (Å²) in [6.07, 6.45) is 4.16. The van der Waals surface area contributed by atoms with Crippen LogP contribution in [0.3, 0.4) is 0 Å². The first-order valence-corrected chi connectivity index (χ1v) is 8.66. The van der Waals surface area contributed by atoms with Crippen LogP contribution in [-0.2, 0) is 10.0 Å². The van der Waals surface area contributed by atoms with Crippen LogP contribution in [0.5, 0.6) is 0 Å². The zero-order valence-corrected chi connectivity index (χ0v) is 13.2. The van der Waals surface area contributed by atoms with Gasteiger partial charge >= 0.3 is 0 Å². The van der Waals surface area contributed by atoms with Crippen molar-refractivity contribution in [3.05, 3.63) is 29.8 Å². The lowest BCUT2D eigenvalue weighted by Gasteiger charge is -2.34. The first kappa shape index (κ1) is 16.0. The van der Waals surface area contributed by atoms with Crippen LogP contribution in [0.15, 0.2) is 29.2 Å². The topological polar surface area (TPSA) is 89.3 Å². The number of hydrogen-bond donors (Lipinski definition) is 2. The van der Waals surface area contributed by atoms with Crippen molar-refractivity contribution in [1.29, 1.82) is 0 Å². The van der Waals surface area contributed by atoms with Crippen LogP contribution in [-0.4, -0.2) is 20.4 Å². The van der Waals surface area contributed by atoms with Gasteiger partial charge in [-0.3, -0.25) is 4.79 Å². The zero-order valence-electron chi connectivity index (χ0n) is 12.4. The molecule has 0 aromatic heterocycles. The Kier molecular flexibility index (Phi) is 4.39. The Morgan fingerprint density at radius 1 is 1.19 bits per heavy atom. The Labute approximate surface area is 126 Å². The summed E-state index contributed by atoms with van der Waals surface area (Å²) >= 11 is 0. The van der Waals surface area contributed by atoms with E-state index in [2.05, 4.69) is 19.2 Å². The Bertz CT molecular complexity index is 611. The van der Waals surface area contributed by atoms with Crippen LogP contribution in [0, 0.1) is 5.41 Å². The van der Waals surface area contributed by atoms with Gasteiger partial charge in [-0.05, 0) is 55.4 Å². The van der Waals surface area contributed by atoms with E-state index in [1.54, 1.807) is 0 Å². The average Bonchev–Trinajstić information content (AvgIpc) is 2.40. The molecule has 3 N–H and O–H groups in total. The van der Waals surface area contributed by atoms with E-state index < -0.39 is 10.0 Å². The highest BCUT2D eigenvalue weighted by atomic mass is 32.2. The number of nitrogens with two attached hydrogens (primary N) is 1. The van der Waals surface area contributed by atoms with Gasteiger partial charge < -0.3 is 5.32 Å². The van der Waals surface area contributed by atoms with Crippen LogP contribution in [0.2, 0.25) is 0 Å². The minimum Gasteiger partial charge on any atom is -0.349 e. The minimum absolute atomic E-state index is 0.0125. The van der Waals surface area contributed by atoms with Gasteiger partial charge in [0.15, 0.2) is 0 Å². The van der Waals surface area contributed by atoms with Gasteiger partial charge in [-0.15, -0.1) is 0 Å². The van der Waals surface area contributed by atoms with Crippen molar-refractivity contribution in [1.82, 2.24) is 5.32 Å². The molecule has 6 heteroatoms. The van der Waals surface area contributed by atoms with Crippen LogP contribution < -0.4 is 10.5 Å². The molecule has 1 aromatic carbocycles. The van der Waals surface area contributed by atoms with E-state index in [0.717, 1.165) is 25.7 Å². The van der Waals surface area contributed by atoms with Crippen molar-refractivity contribution in [3.8, 4) is 0 Å². The zero-order chi connectivity index (χ0) is 15.7. The van der Waals surface area contributed by atoms with Gasteiger partial charge in [0, 0.05) is 11.6 Å². The number of rotatable bonds is 3. The molecule has 0 aliphatic heterocycles. The van der Waals surface area contributed by atoms with Crippen molar-refractivity contribution < 1.29 is 13.2 Å². The number of carbonyl (C=O) groups is 1.